The maximum absolute atomic E-state index is 11.0. The molecule has 21 heavy (non-hydrogen) atoms. The van der Waals surface area contributed by atoms with Crippen molar-refractivity contribution in [2.45, 2.75) is 18.9 Å². The van der Waals surface area contributed by atoms with Gasteiger partial charge in [0.1, 0.15) is 0 Å². The van der Waals surface area contributed by atoms with E-state index in [1.165, 1.54) is 6.33 Å². The van der Waals surface area contributed by atoms with Crippen molar-refractivity contribution in [2.24, 2.45) is 7.05 Å². The topological polar surface area (TPSA) is 76.7 Å². The van der Waals surface area contributed by atoms with E-state index >= 15 is 0 Å². The van der Waals surface area contributed by atoms with Crippen molar-refractivity contribution >= 4 is 11.6 Å². The second-order valence-corrected chi connectivity index (χ2v) is 5.68. The van der Waals surface area contributed by atoms with Crippen molar-refractivity contribution in [3.8, 4) is 0 Å². The summed E-state index contributed by atoms with van der Waals surface area (Å²) in [5, 5.41) is 11.0. The number of rotatable bonds is 4. The Balaban J connectivity index is 1.60. The van der Waals surface area contributed by atoms with E-state index in [2.05, 4.69) is 14.8 Å². The van der Waals surface area contributed by atoms with Crippen molar-refractivity contribution < 1.29 is 9.66 Å². The van der Waals surface area contributed by atoms with Crippen molar-refractivity contribution in [1.82, 2.24) is 14.5 Å². The molecular formula is C13H21N5O3. The maximum Gasteiger partial charge on any atom is 0.406 e. The molecule has 2 saturated heterocycles. The first-order valence-corrected chi connectivity index (χ1v) is 7.40. The first-order chi connectivity index (χ1) is 10.1. The highest BCUT2D eigenvalue weighted by Gasteiger charge is 2.29. The smallest absolute Gasteiger partial charge is 0.377 e. The minimum absolute atomic E-state index is 0.0509. The SMILES string of the molecule is Cn1cnc([N+](=O)[O-])c1N1CCN(C[C@@H]2CCCO2)CC1. The van der Waals surface area contributed by atoms with E-state index in [-0.39, 0.29) is 5.82 Å². The summed E-state index contributed by atoms with van der Waals surface area (Å²) in [6.07, 6.45) is 4.17. The molecule has 3 rings (SSSR count). The van der Waals surface area contributed by atoms with Crippen LogP contribution >= 0.6 is 0 Å². The highest BCUT2D eigenvalue weighted by atomic mass is 16.6. The van der Waals surface area contributed by atoms with Crippen LogP contribution in [-0.4, -0.2) is 64.8 Å². The number of nitrogens with zero attached hydrogens (tertiary/aromatic N) is 5. The first-order valence-electron chi connectivity index (χ1n) is 7.40. The lowest BCUT2D eigenvalue weighted by atomic mass is 10.2. The number of imidazole rings is 1. The molecule has 0 saturated carbocycles. The van der Waals surface area contributed by atoms with Gasteiger partial charge in [0, 0.05) is 46.4 Å². The fraction of sp³-hybridized carbons (Fsp3) is 0.769. The molecule has 0 radical (unpaired) electrons. The Morgan fingerprint density at radius 3 is 2.81 bits per heavy atom. The highest BCUT2D eigenvalue weighted by molar-refractivity contribution is 5.54. The largest absolute Gasteiger partial charge is 0.406 e. The third-order valence-corrected chi connectivity index (χ3v) is 4.22. The molecule has 116 valence electrons. The average Bonchev–Trinajstić information content (AvgIpc) is 3.09. The Bertz CT molecular complexity index is 504. The number of piperazine rings is 1. The van der Waals surface area contributed by atoms with E-state index in [4.69, 9.17) is 4.74 Å². The number of aryl methyl sites for hydroxylation is 1. The number of hydrogen-bond donors (Lipinski definition) is 0. The summed E-state index contributed by atoms with van der Waals surface area (Å²) in [6, 6.07) is 0. The van der Waals surface area contributed by atoms with Gasteiger partial charge in [0.25, 0.3) is 0 Å². The molecule has 2 aliphatic rings. The van der Waals surface area contributed by atoms with Gasteiger partial charge in [-0.05, 0) is 22.7 Å². The van der Waals surface area contributed by atoms with Gasteiger partial charge in [-0.3, -0.25) is 9.47 Å². The standard InChI is InChI=1S/C13H21N5O3/c1-15-10-14-12(18(19)20)13(15)17-6-4-16(5-7-17)9-11-3-2-8-21-11/h10-11H,2-9H2,1H3/t11-/m0/s1. The van der Waals surface area contributed by atoms with Gasteiger partial charge in [-0.1, -0.05) is 0 Å². The van der Waals surface area contributed by atoms with Gasteiger partial charge >= 0.3 is 5.82 Å². The Kier molecular flexibility index (Phi) is 4.07. The van der Waals surface area contributed by atoms with Crippen LogP contribution in [0.2, 0.25) is 0 Å². The number of hydrogen-bond acceptors (Lipinski definition) is 6. The predicted molar refractivity (Wildman–Crippen MR) is 77.5 cm³/mol. The van der Waals surface area contributed by atoms with Crippen molar-refractivity contribution in [1.29, 1.82) is 0 Å². The van der Waals surface area contributed by atoms with Crippen molar-refractivity contribution in [2.75, 3.05) is 44.2 Å². The minimum atomic E-state index is -0.409. The zero-order valence-corrected chi connectivity index (χ0v) is 12.3. The second-order valence-electron chi connectivity index (χ2n) is 5.68. The Hall–Kier alpha value is -1.67. The van der Waals surface area contributed by atoms with Gasteiger partial charge in [0.15, 0.2) is 0 Å². The fourth-order valence-electron chi connectivity index (χ4n) is 3.12. The molecule has 8 heteroatoms. The minimum Gasteiger partial charge on any atom is -0.377 e. The van der Waals surface area contributed by atoms with Crippen LogP contribution in [0.1, 0.15) is 12.8 Å². The van der Waals surface area contributed by atoms with Crippen LogP contribution in [-0.2, 0) is 11.8 Å². The van der Waals surface area contributed by atoms with E-state index in [1.807, 2.05) is 0 Å². The number of aromatic nitrogens is 2. The van der Waals surface area contributed by atoms with Crippen molar-refractivity contribution in [3.63, 3.8) is 0 Å². The summed E-state index contributed by atoms with van der Waals surface area (Å²) >= 11 is 0. The van der Waals surface area contributed by atoms with Crippen LogP contribution in [0.4, 0.5) is 11.6 Å². The van der Waals surface area contributed by atoms with Crippen LogP contribution in [0.3, 0.4) is 0 Å². The van der Waals surface area contributed by atoms with E-state index < -0.39 is 4.92 Å². The molecule has 0 aromatic carbocycles. The Morgan fingerprint density at radius 2 is 2.19 bits per heavy atom. The molecule has 0 aliphatic carbocycles. The molecule has 2 fully saturated rings. The van der Waals surface area contributed by atoms with Gasteiger partial charge < -0.3 is 19.8 Å². The highest BCUT2D eigenvalue weighted by Crippen LogP contribution is 2.27. The molecule has 0 unspecified atom stereocenters. The molecule has 2 aliphatic heterocycles. The van der Waals surface area contributed by atoms with E-state index in [1.54, 1.807) is 11.6 Å². The Labute approximate surface area is 123 Å². The summed E-state index contributed by atoms with van der Waals surface area (Å²) in [6.45, 7) is 5.23. The summed E-state index contributed by atoms with van der Waals surface area (Å²) < 4.78 is 7.40. The monoisotopic (exact) mass is 295 g/mol. The average molecular weight is 295 g/mol. The fourth-order valence-corrected chi connectivity index (χ4v) is 3.12. The predicted octanol–water partition coefficient (Wildman–Crippen LogP) is 0.629. The first kappa shape index (κ1) is 14.3. The van der Waals surface area contributed by atoms with Crippen LogP contribution in [0.5, 0.6) is 0 Å². The zero-order chi connectivity index (χ0) is 14.8. The second kappa shape index (κ2) is 5.98. The Morgan fingerprint density at radius 1 is 1.43 bits per heavy atom. The van der Waals surface area contributed by atoms with Gasteiger partial charge in [-0.15, -0.1) is 0 Å². The van der Waals surface area contributed by atoms with Gasteiger partial charge in [-0.25, -0.2) is 0 Å². The molecule has 0 bridgehead atoms. The lowest BCUT2D eigenvalue weighted by molar-refractivity contribution is -0.388. The van der Waals surface area contributed by atoms with Gasteiger partial charge in [0.2, 0.25) is 12.1 Å². The van der Waals surface area contributed by atoms with Crippen LogP contribution in [0.25, 0.3) is 0 Å². The molecule has 1 aromatic heterocycles. The summed E-state index contributed by atoms with van der Waals surface area (Å²) in [5.41, 5.74) is 0. The van der Waals surface area contributed by atoms with Crippen molar-refractivity contribution in [3.05, 3.63) is 16.4 Å². The normalized spacial score (nSPS) is 23.7. The zero-order valence-electron chi connectivity index (χ0n) is 12.3. The van der Waals surface area contributed by atoms with Gasteiger partial charge in [-0.2, -0.15) is 0 Å². The van der Waals surface area contributed by atoms with E-state index in [0.29, 0.717) is 11.9 Å². The number of ether oxygens (including phenoxy) is 1. The van der Waals surface area contributed by atoms with Crippen LogP contribution in [0, 0.1) is 10.1 Å². The van der Waals surface area contributed by atoms with E-state index in [9.17, 15) is 10.1 Å². The third-order valence-electron chi connectivity index (χ3n) is 4.22. The molecule has 1 atom stereocenters. The molecule has 0 amide bonds. The van der Waals surface area contributed by atoms with Gasteiger partial charge in [0.05, 0.1) is 6.10 Å². The lowest BCUT2D eigenvalue weighted by Gasteiger charge is -2.36. The molecule has 8 nitrogen and oxygen atoms in total. The molecular weight excluding hydrogens is 274 g/mol. The molecule has 1 aromatic rings. The number of nitro groups is 1. The molecule has 0 spiro atoms. The molecule has 0 N–H and O–H groups in total. The van der Waals surface area contributed by atoms with E-state index in [0.717, 1.165) is 52.2 Å². The maximum atomic E-state index is 11.0. The number of anilines is 1. The summed E-state index contributed by atoms with van der Waals surface area (Å²) in [7, 11) is 1.80. The summed E-state index contributed by atoms with van der Waals surface area (Å²) in [4.78, 5) is 19.0. The van der Waals surface area contributed by atoms with Crippen LogP contribution < -0.4 is 4.90 Å². The third kappa shape index (κ3) is 3.01. The quantitative estimate of drug-likeness (QED) is 0.599. The summed E-state index contributed by atoms with van der Waals surface area (Å²) in [5.74, 6) is 0.557. The molecule has 3 heterocycles. The van der Waals surface area contributed by atoms with Crippen LogP contribution in [0.15, 0.2) is 6.33 Å². The lowest BCUT2D eigenvalue weighted by Crippen LogP contribution is -2.49.